The van der Waals surface area contributed by atoms with Crippen molar-refractivity contribution < 1.29 is 14.7 Å². The SMILES string of the molecule is CNCC(=O)N(C)C1(CC(=O)O)CCCCC1. The first-order valence-corrected chi connectivity index (χ1v) is 6.15. The van der Waals surface area contributed by atoms with Crippen molar-refractivity contribution in [2.75, 3.05) is 20.6 Å². The van der Waals surface area contributed by atoms with Crippen LogP contribution in [0.15, 0.2) is 0 Å². The quantitative estimate of drug-likeness (QED) is 0.749. The van der Waals surface area contributed by atoms with Crippen LogP contribution in [0.3, 0.4) is 0 Å². The monoisotopic (exact) mass is 242 g/mol. The third kappa shape index (κ3) is 3.43. The van der Waals surface area contributed by atoms with Crippen LogP contribution >= 0.6 is 0 Å². The molecule has 1 rings (SSSR count). The van der Waals surface area contributed by atoms with E-state index in [4.69, 9.17) is 5.11 Å². The number of aliphatic carboxylic acids is 1. The van der Waals surface area contributed by atoms with Crippen LogP contribution in [0, 0.1) is 0 Å². The molecule has 0 aliphatic heterocycles. The molecule has 98 valence electrons. The molecule has 1 fully saturated rings. The van der Waals surface area contributed by atoms with E-state index in [9.17, 15) is 9.59 Å². The molecule has 0 saturated heterocycles. The molecular formula is C12H22N2O3. The van der Waals surface area contributed by atoms with Gasteiger partial charge in [0.15, 0.2) is 0 Å². The van der Waals surface area contributed by atoms with Crippen LogP contribution in [0.25, 0.3) is 0 Å². The summed E-state index contributed by atoms with van der Waals surface area (Å²) in [5, 5.41) is 11.9. The maximum Gasteiger partial charge on any atom is 0.305 e. The van der Waals surface area contributed by atoms with Gasteiger partial charge in [-0.1, -0.05) is 19.3 Å². The summed E-state index contributed by atoms with van der Waals surface area (Å²) in [5.74, 6) is -0.855. The van der Waals surface area contributed by atoms with E-state index in [1.807, 2.05) is 0 Å². The van der Waals surface area contributed by atoms with Gasteiger partial charge in [-0.3, -0.25) is 9.59 Å². The summed E-state index contributed by atoms with van der Waals surface area (Å²) in [6.07, 6.45) is 4.79. The summed E-state index contributed by atoms with van der Waals surface area (Å²) in [6.45, 7) is 0.262. The van der Waals surface area contributed by atoms with E-state index in [-0.39, 0.29) is 18.9 Å². The zero-order chi connectivity index (χ0) is 12.9. The first-order chi connectivity index (χ1) is 8.02. The van der Waals surface area contributed by atoms with Gasteiger partial charge in [0.1, 0.15) is 0 Å². The Morgan fingerprint density at radius 2 is 1.88 bits per heavy atom. The molecule has 5 heteroatoms. The van der Waals surface area contributed by atoms with Crippen LogP contribution in [0.2, 0.25) is 0 Å². The number of likely N-dealkylation sites (N-methyl/N-ethyl adjacent to an activating group) is 2. The van der Waals surface area contributed by atoms with Gasteiger partial charge < -0.3 is 15.3 Å². The van der Waals surface area contributed by atoms with E-state index in [0.29, 0.717) is 0 Å². The number of carbonyl (C=O) groups excluding carboxylic acids is 1. The summed E-state index contributed by atoms with van der Waals surface area (Å²) in [4.78, 5) is 24.6. The Morgan fingerprint density at radius 1 is 1.29 bits per heavy atom. The van der Waals surface area contributed by atoms with Gasteiger partial charge in [0, 0.05) is 7.05 Å². The van der Waals surface area contributed by atoms with E-state index in [1.165, 1.54) is 0 Å². The predicted molar refractivity (Wildman–Crippen MR) is 64.8 cm³/mol. The fourth-order valence-electron chi connectivity index (χ4n) is 2.66. The Morgan fingerprint density at radius 3 is 2.35 bits per heavy atom. The lowest BCUT2D eigenvalue weighted by Gasteiger charge is -2.44. The lowest BCUT2D eigenvalue weighted by molar-refractivity contribution is -0.145. The number of hydrogen-bond donors (Lipinski definition) is 2. The van der Waals surface area contributed by atoms with Gasteiger partial charge in [0.2, 0.25) is 5.91 Å². The Hall–Kier alpha value is -1.10. The van der Waals surface area contributed by atoms with Gasteiger partial charge in [-0.25, -0.2) is 0 Å². The van der Waals surface area contributed by atoms with Crippen molar-refractivity contribution in [2.24, 2.45) is 0 Å². The molecule has 0 atom stereocenters. The van der Waals surface area contributed by atoms with Crippen LogP contribution in [0.5, 0.6) is 0 Å². The average Bonchev–Trinajstić information content (AvgIpc) is 2.28. The molecule has 1 aliphatic rings. The summed E-state index contributed by atoms with van der Waals surface area (Å²) < 4.78 is 0. The molecule has 17 heavy (non-hydrogen) atoms. The highest BCUT2D eigenvalue weighted by Gasteiger charge is 2.40. The molecule has 0 aromatic carbocycles. The van der Waals surface area contributed by atoms with Gasteiger partial charge in [-0.15, -0.1) is 0 Å². The van der Waals surface area contributed by atoms with Crippen molar-refractivity contribution in [3.63, 3.8) is 0 Å². The molecular weight excluding hydrogens is 220 g/mol. The lowest BCUT2D eigenvalue weighted by Crippen LogP contribution is -2.53. The molecule has 0 aromatic rings. The topological polar surface area (TPSA) is 69.6 Å². The van der Waals surface area contributed by atoms with Crippen LogP contribution in [-0.4, -0.2) is 48.1 Å². The lowest BCUT2D eigenvalue weighted by atomic mass is 9.78. The first kappa shape index (κ1) is 14.0. The van der Waals surface area contributed by atoms with Gasteiger partial charge in [0.25, 0.3) is 0 Å². The Labute approximate surface area is 102 Å². The molecule has 0 unspecified atom stereocenters. The minimum absolute atomic E-state index is 0.0318. The van der Waals surface area contributed by atoms with Gasteiger partial charge in [-0.05, 0) is 19.9 Å². The highest BCUT2D eigenvalue weighted by atomic mass is 16.4. The van der Waals surface area contributed by atoms with Crippen molar-refractivity contribution in [3.05, 3.63) is 0 Å². The number of carboxylic acid groups (broad SMARTS) is 1. The Bertz CT molecular complexity index is 285. The van der Waals surface area contributed by atoms with Crippen LogP contribution in [0.4, 0.5) is 0 Å². The molecule has 1 saturated carbocycles. The Kier molecular flexibility index (Phi) is 4.93. The van der Waals surface area contributed by atoms with Crippen molar-refractivity contribution in [1.29, 1.82) is 0 Å². The first-order valence-electron chi connectivity index (χ1n) is 6.15. The molecule has 0 spiro atoms. The van der Waals surface area contributed by atoms with Crippen LogP contribution in [0.1, 0.15) is 38.5 Å². The normalized spacial score (nSPS) is 18.7. The minimum atomic E-state index is -0.823. The second-order valence-electron chi connectivity index (χ2n) is 4.84. The van der Waals surface area contributed by atoms with E-state index >= 15 is 0 Å². The summed E-state index contributed by atoms with van der Waals surface area (Å²) in [5.41, 5.74) is -0.474. The highest BCUT2D eigenvalue weighted by Crippen LogP contribution is 2.35. The Balaban J connectivity index is 2.80. The standard InChI is InChI=1S/C12H22N2O3/c1-13-9-10(15)14(2)12(8-11(16)17)6-4-3-5-7-12/h13H,3-9H2,1-2H3,(H,16,17). The van der Waals surface area contributed by atoms with E-state index < -0.39 is 11.5 Å². The average molecular weight is 242 g/mol. The molecule has 0 aromatic heterocycles. The van der Waals surface area contributed by atoms with E-state index in [2.05, 4.69) is 5.32 Å². The van der Waals surface area contributed by atoms with Gasteiger partial charge >= 0.3 is 5.97 Å². The maximum atomic E-state index is 11.9. The predicted octanol–water partition coefficient (Wildman–Crippen LogP) is 0.842. The summed E-state index contributed by atoms with van der Waals surface area (Å²) in [6, 6.07) is 0. The fourth-order valence-corrected chi connectivity index (χ4v) is 2.66. The van der Waals surface area contributed by atoms with Crippen molar-refractivity contribution in [3.8, 4) is 0 Å². The second kappa shape index (κ2) is 6.00. The highest BCUT2D eigenvalue weighted by molar-refractivity contribution is 5.80. The number of rotatable bonds is 5. The van der Waals surface area contributed by atoms with Gasteiger partial charge in [-0.2, -0.15) is 0 Å². The molecule has 0 radical (unpaired) electrons. The minimum Gasteiger partial charge on any atom is -0.481 e. The maximum absolute atomic E-state index is 11.9. The molecule has 0 heterocycles. The molecule has 0 bridgehead atoms. The summed E-state index contributed by atoms with van der Waals surface area (Å²) >= 11 is 0. The number of hydrogen-bond acceptors (Lipinski definition) is 3. The molecule has 2 N–H and O–H groups in total. The fraction of sp³-hybridized carbons (Fsp3) is 0.833. The zero-order valence-corrected chi connectivity index (χ0v) is 10.7. The third-order valence-corrected chi connectivity index (χ3v) is 3.68. The smallest absolute Gasteiger partial charge is 0.305 e. The number of nitrogens with zero attached hydrogens (tertiary/aromatic N) is 1. The number of amides is 1. The van der Waals surface area contributed by atoms with Crippen molar-refractivity contribution >= 4 is 11.9 Å². The number of carboxylic acids is 1. The van der Waals surface area contributed by atoms with Crippen LogP contribution < -0.4 is 5.32 Å². The van der Waals surface area contributed by atoms with Crippen molar-refractivity contribution in [1.82, 2.24) is 10.2 Å². The van der Waals surface area contributed by atoms with E-state index in [1.54, 1.807) is 19.0 Å². The summed E-state index contributed by atoms with van der Waals surface area (Å²) in [7, 11) is 3.45. The third-order valence-electron chi connectivity index (χ3n) is 3.68. The largest absolute Gasteiger partial charge is 0.481 e. The van der Waals surface area contributed by atoms with E-state index in [0.717, 1.165) is 32.1 Å². The molecule has 5 nitrogen and oxygen atoms in total. The number of carbonyl (C=O) groups is 2. The zero-order valence-electron chi connectivity index (χ0n) is 10.7. The van der Waals surface area contributed by atoms with Crippen LogP contribution in [-0.2, 0) is 9.59 Å². The van der Waals surface area contributed by atoms with Crippen molar-refractivity contribution in [2.45, 2.75) is 44.1 Å². The second-order valence-corrected chi connectivity index (χ2v) is 4.84. The number of nitrogens with one attached hydrogen (secondary N) is 1. The molecule has 1 aliphatic carbocycles. The van der Waals surface area contributed by atoms with Gasteiger partial charge in [0.05, 0.1) is 18.5 Å². The molecule has 1 amide bonds.